The fraction of sp³-hybridized carbons (Fsp3) is 0.783. The number of carboxylic acids is 1. The van der Waals surface area contributed by atoms with Gasteiger partial charge in [0.2, 0.25) is 23.6 Å². The van der Waals surface area contributed by atoms with Crippen molar-refractivity contribution in [2.45, 2.75) is 30.9 Å². The minimum atomic E-state index is -1.04. The summed E-state index contributed by atoms with van der Waals surface area (Å²) in [7, 11) is 0. The lowest BCUT2D eigenvalue weighted by Crippen LogP contribution is -2.36. The third kappa shape index (κ3) is 17.8. The van der Waals surface area contributed by atoms with E-state index >= 15 is 0 Å². The van der Waals surface area contributed by atoms with Crippen LogP contribution in [0.4, 0.5) is 0 Å². The number of amides is 4. The molecule has 1 rings (SSSR count). The lowest BCUT2D eigenvalue weighted by molar-refractivity contribution is -0.142. The summed E-state index contributed by atoms with van der Waals surface area (Å²) in [6.45, 7) is 3.05. The van der Waals surface area contributed by atoms with Gasteiger partial charge in [-0.25, -0.2) is 10.6 Å². The normalized spacial score (nSPS) is 15.1. The van der Waals surface area contributed by atoms with Crippen molar-refractivity contribution in [3.8, 4) is 0 Å². The Kier molecular flexibility index (Phi) is 20.0. The molecule has 0 bridgehead atoms. The number of carbonyl (C=O) groups excluding carboxylic acids is 4. The van der Waals surface area contributed by atoms with E-state index < -0.39 is 11.2 Å². The SMILES string of the molecule is NNC(=O)CCOCCOCCOCCOCCNC(=O)CCN1C(=O)CC(SCCCOCC(=O)O)C1=O. The van der Waals surface area contributed by atoms with Gasteiger partial charge in [-0.05, 0) is 12.2 Å². The van der Waals surface area contributed by atoms with Gasteiger partial charge in [0.1, 0.15) is 6.61 Å². The average Bonchev–Trinajstić information content (AvgIpc) is 3.18. The summed E-state index contributed by atoms with van der Waals surface area (Å²) >= 11 is 1.33. The lowest BCUT2D eigenvalue weighted by atomic mass is 10.3. The first kappa shape index (κ1) is 34.7. The van der Waals surface area contributed by atoms with E-state index in [1.807, 2.05) is 5.43 Å². The highest BCUT2D eigenvalue weighted by molar-refractivity contribution is 8.00. The third-order valence-electron chi connectivity index (χ3n) is 5.06. The van der Waals surface area contributed by atoms with Crippen LogP contribution >= 0.6 is 11.8 Å². The largest absolute Gasteiger partial charge is 0.480 e. The highest BCUT2D eigenvalue weighted by atomic mass is 32.2. The van der Waals surface area contributed by atoms with Gasteiger partial charge in [-0.3, -0.25) is 29.5 Å². The molecule has 16 heteroatoms. The van der Waals surface area contributed by atoms with Gasteiger partial charge in [-0.2, -0.15) is 0 Å². The van der Waals surface area contributed by atoms with Crippen molar-refractivity contribution in [1.82, 2.24) is 15.6 Å². The molecule has 15 nitrogen and oxygen atoms in total. The zero-order valence-electron chi connectivity index (χ0n) is 22.1. The summed E-state index contributed by atoms with van der Waals surface area (Å²) in [4.78, 5) is 59.0. The molecule has 1 heterocycles. The molecular formula is C23H40N4O11S. The van der Waals surface area contributed by atoms with E-state index in [1.165, 1.54) is 11.8 Å². The highest BCUT2D eigenvalue weighted by Crippen LogP contribution is 2.25. The summed E-state index contributed by atoms with van der Waals surface area (Å²) in [5.74, 6) is 3.29. The third-order valence-corrected chi connectivity index (χ3v) is 6.36. The van der Waals surface area contributed by atoms with E-state index in [1.54, 1.807) is 0 Å². The molecule has 5 N–H and O–H groups in total. The number of hydrogen-bond acceptors (Lipinski definition) is 12. The van der Waals surface area contributed by atoms with Gasteiger partial charge in [-0.15, -0.1) is 11.8 Å². The van der Waals surface area contributed by atoms with Crippen LogP contribution in [0.2, 0.25) is 0 Å². The monoisotopic (exact) mass is 580 g/mol. The summed E-state index contributed by atoms with van der Waals surface area (Å²) in [5.41, 5.74) is 2.01. The Balaban J connectivity index is 1.94. The van der Waals surface area contributed by atoms with Crippen LogP contribution in [0.15, 0.2) is 0 Å². The van der Waals surface area contributed by atoms with Gasteiger partial charge in [0.05, 0.1) is 64.5 Å². The number of thioether (sulfide) groups is 1. The van der Waals surface area contributed by atoms with Crippen LogP contribution in [0.1, 0.15) is 25.7 Å². The predicted octanol–water partition coefficient (Wildman–Crippen LogP) is -1.71. The van der Waals surface area contributed by atoms with Gasteiger partial charge < -0.3 is 34.1 Å². The van der Waals surface area contributed by atoms with Crippen molar-refractivity contribution in [3.05, 3.63) is 0 Å². The molecule has 0 aromatic heterocycles. The molecule has 1 aliphatic rings. The predicted molar refractivity (Wildman–Crippen MR) is 139 cm³/mol. The van der Waals surface area contributed by atoms with Gasteiger partial charge in [0, 0.05) is 32.5 Å². The number of likely N-dealkylation sites (tertiary alicyclic amines) is 1. The van der Waals surface area contributed by atoms with Crippen molar-refractivity contribution in [3.63, 3.8) is 0 Å². The van der Waals surface area contributed by atoms with E-state index in [-0.39, 0.29) is 69.3 Å². The van der Waals surface area contributed by atoms with Crippen LogP contribution in [0.3, 0.4) is 0 Å². The second kappa shape index (κ2) is 22.5. The summed E-state index contributed by atoms with van der Waals surface area (Å²) < 4.78 is 26.2. The van der Waals surface area contributed by atoms with E-state index in [4.69, 9.17) is 34.6 Å². The molecule has 0 aromatic carbocycles. The molecule has 4 amide bonds. The molecule has 0 aromatic rings. The van der Waals surface area contributed by atoms with Gasteiger partial charge >= 0.3 is 5.97 Å². The number of nitrogens with two attached hydrogens (primary N) is 1. The first-order chi connectivity index (χ1) is 18.8. The number of nitrogens with zero attached hydrogens (tertiary/aromatic N) is 1. The van der Waals surface area contributed by atoms with Crippen LogP contribution in [0.25, 0.3) is 0 Å². The Morgan fingerprint density at radius 1 is 0.872 bits per heavy atom. The molecule has 1 unspecified atom stereocenters. The van der Waals surface area contributed by atoms with Crippen LogP contribution < -0.4 is 16.6 Å². The van der Waals surface area contributed by atoms with Crippen molar-refractivity contribution in [1.29, 1.82) is 0 Å². The van der Waals surface area contributed by atoms with Crippen LogP contribution in [-0.4, -0.2) is 130 Å². The van der Waals surface area contributed by atoms with Crippen molar-refractivity contribution >= 4 is 41.4 Å². The van der Waals surface area contributed by atoms with E-state index in [0.717, 1.165) is 4.90 Å². The highest BCUT2D eigenvalue weighted by Gasteiger charge is 2.38. The zero-order chi connectivity index (χ0) is 28.7. The molecule has 0 spiro atoms. The van der Waals surface area contributed by atoms with Gasteiger partial charge in [0.25, 0.3) is 0 Å². The molecule has 1 atom stereocenters. The number of aliphatic carboxylic acids is 1. The molecule has 0 radical (unpaired) electrons. The Hall–Kier alpha value is -2.34. The molecule has 224 valence electrons. The van der Waals surface area contributed by atoms with Crippen LogP contribution in [0.5, 0.6) is 0 Å². The number of imide groups is 1. The smallest absolute Gasteiger partial charge is 0.329 e. The zero-order valence-corrected chi connectivity index (χ0v) is 22.9. The quantitative estimate of drug-likeness (QED) is 0.0313. The van der Waals surface area contributed by atoms with Gasteiger partial charge in [0.15, 0.2) is 0 Å². The first-order valence-electron chi connectivity index (χ1n) is 12.7. The first-order valence-corrected chi connectivity index (χ1v) is 13.7. The number of carboxylic acid groups (broad SMARTS) is 1. The number of carbonyl (C=O) groups is 5. The van der Waals surface area contributed by atoms with Gasteiger partial charge in [-0.1, -0.05) is 0 Å². The van der Waals surface area contributed by atoms with Crippen molar-refractivity contribution in [2.24, 2.45) is 5.84 Å². The Bertz CT molecular complexity index is 760. The summed E-state index contributed by atoms with van der Waals surface area (Å²) in [6, 6.07) is 0. The topological polar surface area (TPSA) is 205 Å². The molecule has 1 fully saturated rings. The molecule has 39 heavy (non-hydrogen) atoms. The molecule has 0 aliphatic carbocycles. The standard InChI is InChI=1S/C23H40N4O11S/c24-26-20(29)3-7-34-9-11-36-13-14-37-12-10-35-8-4-25-19(28)2-5-27-21(30)16-18(23(27)33)39-15-1-6-38-17-22(31)32/h18H,1-17,24H2,(H,25,28)(H,26,29)(H,31,32). The van der Waals surface area contributed by atoms with E-state index in [2.05, 4.69) is 5.32 Å². The van der Waals surface area contributed by atoms with E-state index in [9.17, 15) is 24.0 Å². The fourth-order valence-corrected chi connectivity index (χ4v) is 4.23. The average molecular weight is 581 g/mol. The number of ether oxygens (including phenoxy) is 5. The summed E-state index contributed by atoms with van der Waals surface area (Å²) in [5, 5.41) is 10.7. The van der Waals surface area contributed by atoms with Crippen LogP contribution in [-0.2, 0) is 47.7 Å². The number of hydrazine groups is 1. The maximum atomic E-state index is 12.4. The second-order valence-corrected chi connectivity index (χ2v) is 9.42. The van der Waals surface area contributed by atoms with Crippen molar-refractivity contribution in [2.75, 3.05) is 84.9 Å². The number of nitrogens with one attached hydrogen (secondary N) is 2. The minimum absolute atomic E-state index is 0.00901. The maximum absolute atomic E-state index is 12.4. The Morgan fingerprint density at radius 2 is 1.49 bits per heavy atom. The van der Waals surface area contributed by atoms with E-state index in [0.29, 0.717) is 65.0 Å². The Morgan fingerprint density at radius 3 is 2.10 bits per heavy atom. The minimum Gasteiger partial charge on any atom is -0.480 e. The summed E-state index contributed by atoms with van der Waals surface area (Å²) in [6.07, 6.45) is 0.864. The number of hydrogen-bond donors (Lipinski definition) is 4. The number of rotatable bonds is 25. The molecule has 1 aliphatic heterocycles. The molecule has 0 saturated carbocycles. The lowest BCUT2D eigenvalue weighted by Gasteiger charge is -2.14. The second-order valence-electron chi connectivity index (χ2n) is 8.11. The van der Waals surface area contributed by atoms with Crippen molar-refractivity contribution < 1.29 is 52.8 Å². The Labute approximate surface area is 231 Å². The fourth-order valence-electron chi connectivity index (χ4n) is 3.13. The van der Waals surface area contributed by atoms with Crippen LogP contribution in [0, 0.1) is 0 Å². The molecule has 1 saturated heterocycles. The maximum Gasteiger partial charge on any atom is 0.329 e. The molecular weight excluding hydrogens is 540 g/mol.